The van der Waals surface area contributed by atoms with Gasteiger partial charge in [-0.1, -0.05) is 35.4 Å². The van der Waals surface area contributed by atoms with Gasteiger partial charge in [-0.2, -0.15) is 4.31 Å². The van der Waals surface area contributed by atoms with Crippen LogP contribution in [0.25, 0.3) is 0 Å². The van der Waals surface area contributed by atoms with Gasteiger partial charge in [0.15, 0.2) is 0 Å². The molecular weight excluding hydrogens is 400 g/mol. The fourth-order valence-corrected chi connectivity index (χ4v) is 5.24. The van der Waals surface area contributed by atoms with Crippen LogP contribution in [0.1, 0.15) is 29.5 Å². The number of hydrogen-bond acceptors (Lipinski definition) is 4. The zero-order valence-corrected chi connectivity index (χ0v) is 18.7. The molecule has 3 rings (SSSR count). The van der Waals surface area contributed by atoms with Crippen LogP contribution >= 0.6 is 0 Å². The minimum atomic E-state index is -3.54. The normalized spacial score (nSPS) is 15.2. The molecule has 1 saturated heterocycles. The molecule has 0 aromatic heterocycles. The first kappa shape index (κ1) is 22.3. The molecule has 7 heteroatoms. The van der Waals surface area contributed by atoms with Gasteiger partial charge in [0.1, 0.15) is 5.75 Å². The van der Waals surface area contributed by atoms with E-state index in [1.807, 2.05) is 57.2 Å². The second-order valence-corrected chi connectivity index (χ2v) is 9.73. The number of amides is 1. The van der Waals surface area contributed by atoms with E-state index in [4.69, 9.17) is 4.74 Å². The zero-order chi connectivity index (χ0) is 21.7. The number of nitrogens with zero attached hydrogens (tertiary/aromatic N) is 2. The molecule has 0 aliphatic carbocycles. The van der Waals surface area contributed by atoms with Crippen LogP contribution in [-0.4, -0.2) is 56.3 Å². The van der Waals surface area contributed by atoms with Gasteiger partial charge >= 0.3 is 0 Å². The Balaban J connectivity index is 1.46. The number of benzene rings is 2. The summed E-state index contributed by atoms with van der Waals surface area (Å²) >= 11 is 0. The summed E-state index contributed by atoms with van der Waals surface area (Å²) in [6.07, 6.45) is 1.03. The van der Waals surface area contributed by atoms with Gasteiger partial charge in [-0.3, -0.25) is 4.79 Å². The fourth-order valence-electron chi connectivity index (χ4n) is 3.61. The second-order valence-electron chi connectivity index (χ2n) is 7.82. The van der Waals surface area contributed by atoms with Crippen LogP contribution in [-0.2, 0) is 14.8 Å². The van der Waals surface area contributed by atoms with E-state index in [9.17, 15) is 13.2 Å². The lowest BCUT2D eigenvalue weighted by molar-refractivity contribution is -0.132. The number of ether oxygens (including phenoxy) is 1. The Bertz CT molecular complexity index is 979. The van der Waals surface area contributed by atoms with Gasteiger partial charge in [0.25, 0.3) is 0 Å². The fraction of sp³-hybridized carbons (Fsp3) is 0.435. The SMILES string of the molecule is Cc1ccc(OCCCC(=O)N2CCN(S(=O)(=O)c3ccc(C)cc3C)CC2)cc1. The van der Waals surface area contributed by atoms with Crippen LogP contribution in [0.15, 0.2) is 47.4 Å². The standard InChI is InChI=1S/C23H30N2O4S/c1-18-6-9-21(10-7-18)29-16-4-5-23(26)24-12-14-25(15-13-24)30(27,28)22-11-8-19(2)17-20(22)3/h6-11,17H,4-5,12-16H2,1-3H3. The molecule has 162 valence electrons. The minimum absolute atomic E-state index is 0.0473. The maximum absolute atomic E-state index is 13.0. The molecular formula is C23H30N2O4S. The maximum Gasteiger partial charge on any atom is 0.243 e. The van der Waals surface area contributed by atoms with Crippen molar-refractivity contribution in [3.8, 4) is 5.75 Å². The lowest BCUT2D eigenvalue weighted by Gasteiger charge is -2.34. The first-order valence-corrected chi connectivity index (χ1v) is 11.8. The molecule has 1 fully saturated rings. The van der Waals surface area contributed by atoms with Crippen molar-refractivity contribution in [2.45, 2.75) is 38.5 Å². The van der Waals surface area contributed by atoms with E-state index in [-0.39, 0.29) is 5.91 Å². The third kappa shape index (κ3) is 5.40. The highest BCUT2D eigenvalue weighted by Gasteiger charge is 2.30. The van der Waals surface area contributed by atoms with E-state index >= 15 is 0 Å². The zero-order valence-electron chi connectivity index (χ0n) is 17.9. The van der Waals surface area contributed by atoms with Gasteiger partial charge in [0, 0.05) is 32.6 Å². The van der Waals surface area contributed by atoms with Crippen LogP contribution in [0.4, 0.5) is 0 Å². The van der Waals surface area contributed by atoms with E-state index in [0.717, 1.165) is 16.9 Å². The van der Waals surface area contributed by atoms with Crippen LogP contribution in [0, 0.1) is 20.8 Å². The van der Waals surface area contributed by atoms with E-state index in [1.54, 1.807) is 11.0 Å². The van der Waals surface area contributed by atoms with Crippen LogP contribution in [0.3, 0.4) is 0 Å². The van der Waals surface area contributed by atoms with Gasteiger partial charge in [-0.25, -0.2) is 8.42 Å². The first-order valence-electron chi connectivity index (χ1n) is 10.3. The molecule has 0 N–H and O–H groups in total. The Morgan fingerprint density at radius 3 is 2.20 bits per heavy atom. The van der Waals surface area contributed by atoms with E-state index in [2.05, 4.69) is 0 Å². The molecule has 0 unspecified atom stereocenters. The second kappa shape index (κ2) is 9.62. The average Bonchev–Trinajstić information content (AvgIpc) is 2.72. The van der Waals surface area contributed by atoms with Gasteiger partial charge in [-0.15, -0.1) is 0 Å². The highest BCUT2D eigenvalue weighted by Crippen LogP contribution is 2.22. The molecule has 0 radical (unpaired) electrons. The van der Waals surface area contributed by atoms with Crippen LogP contribution < -0.4 is 4.74 Å². The average molecular weight is 431 g/mol. The Kier molecular flexibility index (Phi) is 7.15. The summed E-state index contributed by atoms with van der Waals surface area (Å²) in [6, 6.07) is 13.2. The van der Waals surface area contributed by atoms with Crippen molar-refractivity contribution in [1.82, 2.24) is 9.21 Å². The van der Waals surface area contributed by atoms with Gasteiger partial charge in [-0.05, 0) is 51.0 Å². The van der Waals surface area contributed by atoms with Crippen molar-refractivity contribution >= 4 is 15.9 Å². The summed E-state index contributed by atoms with van der Waals surface area (Å²) in [4.78, 5) is 14.6. The number of aryl methyl sites for hydroxylation is 3. The molecule has 30 heavy (non-hydrogen) atoms. The topological polar surface area (TPSA) is 66.9 Å². The molecule has 0 atom stereocenters. The van der Waals surface area contributed by atoms with Gasteiger partial charge in [0.2, 0.25) is 15.9 Å². The maximum atomic E-state index is 13.0. The van der Waals surface area contributed by atoms with E-state index < -0.39 is 10.0 Å². The van der Waals surface area contributed by atoms with Gasteiger partial charge in [0.05, 0.1) is 11.5 Å². The summed E-state index contributed by atoms with van der Waals surface area (Å²) in [7, 11) is -3.54. The summed E-state index contributed by atoms with van der Waals surface area (Å²) in [5.41, 5.74) is 2.96. The van der Waals surface area contributed by atoms with Gasteiger partial charge < -0.3 is 9.64 Å². The minimum Gasteiger partial charge on any atom is -0.494 e. The third-order valence-electron chi connectivity index (χ3n) is 5.36. The van der Waals surface area contributed by atoms with Crippen molar-refractivity contribution in [1.29, 1.82) is 0 Å². The molecule has 6 nitrogen and oxygen atoms in total. The number of sulfonamides is 1. The summed E-state index contributed by atoms with van der Waals surface area (Å²) < 4.78 is 33.1. The van der Waals surface area contributed by atoms with Crippen LogP contribution in [0.5, 0.6) is 5.75 Å². The molecule has 0 bridgehead atoms. The highest BCUT2D eigenvalue weighted by atomic mass is 32.2. The number of hydrogen-bond donors (Lipinski definition) is 0. The third-order valence-corrected chi connectivity index (χ3v) is 7.42. The van der Waals surface area contributed by atoms with E-state index in [1.165, 1.54) is 9.87 Å². The molecule has 2 aromatic carbocycles. The van der Waals surface area contributed by atoms with Crippen molar-refractivity contribution < 1.29 is 17.9 Å². The predicted molar refractivity (Wildman–Crippen MR) is 117 cm³/mol. The smallest absolute Gasteiger partial charge is 0.243 e. The van der Waals surface area contributed by atoms with E-state index in [0.29, 0.717) is 50.5 Å². The van der Waals surface area contributed by atoms with Crippen molar-refractivity contribution in [2.75, 3.05) is 32.8 Å². The van der Waals surface area contributed by atoms with Crippen molar-refractivity contribution in [3.63, 3.8) is 0 Å². The van der Waals surface area contributed by atoms with Crippen molar-refractivity contribution in [2.24, 2.45) is 0 Å². The Hall–Kier alpha value is -2.38. The monoisotopic (exact) mass is 430 g/mol. The highest BCUT2D eigenvalue weighted by molar-refractivity contribution is 7.89. The molecule has 1 aliphatic heterocycles. The molecule has 1 amide bonds. The molecule has 2 aromatic rings. The quantitative estimate of drug-likeness (QED) is 0.632. The molecule has 1 aliphatic rings. The lowest BCUT2D eigenvalue weighted by atomic mass is 10.2. The molecule has 0 spiro atoms. The Morgan fingerprint density at radius 2 is 1.57 bits per heavy atom. The first-order chi connectivity index (χ1) is 14.3. The number of carbonyl (C=O) groups excluding carboxylic acids is 1. The number of piperazine rings is 1. The Morgan fingerprint density at radius 1 is 0.933 bits per heavy atom. The Labute approximate surface area is 179 Å². The van der Waals surface area contributed by atoms with Crippen LogP contribution in [0.2, 0.25) is 0 Å². The lowest BCUT2D eigenvalue weighted by Crippen LogP contribution is -2.50. The predicted octanol–water partition coefficient (Wildman–Crippen LogP) is 3.30. The number of carbonyl (C=O) groups is 1. The summed E-state index contributed by atoms with van der Waals surface area (Å²) in [5.74, 6) is 0.851. The molecule has 0 saturated carbocycles. The molecule has 1 heterocycles. The summed E-state index contributed by atoms with van der Waals surface area (Å²) in [6.45, 7) is 7.75. The largest absolute Gasteiger partial charge is 0.494 e. The number of rotatable bonds is 7. The van der Waals surface area contributed by atoms with Crippen molar-refractivity contribution in [3.05, 3.63) is 59.2 Å². The summed E-state index contributed by atoms with van der Waals surface area (Å²) in [5, 5.41) is 0.